The summed E-state index contributed by atoms with van der Waals surface area (Å²) in [4.78, 5) is 27.4. The van der Waals surface area contributed by atoms with E-state index in [0.717, 1.165) is 19.4 Å². The molecule has 5 fully saturated rings. The topological polar surface area (TPSA) is 85.9 Å². The number of ether oxygens (including phenoxy) is 1. The second kappa shape index (κ2) is 8.50. The highest BCUT2D eigenvalue weighted by Gasteiger charge is 2.47. The molecule has 5 aliphatic rings. The van der Waals surface area contributed by atoms with E-state index in [1.807, 2.05) is 4.90 Å². The molecule has 0 spiro atoms. The number of hydrazine groups is 1. The lowest BCUT2D eigenvalue weighted by Crippen LogP contribution is -2.58. The Balaban J connectivity index is 1.14. The number of hydrogen-bond acceptors (Lipinski definition) is 6. The van der Waals surface area contributed by atoms with Crippen molar-refractivity contribution < 1.29 is 18.7 Å². The van der Waals surface area contributed by atoms with Gasteiger partial charge in [0.15, 0.2) is 0 Å². The van der Waals surface area contributed by atoms with Gasteiger partial charge in [0.2, 0.25) is 11.8 Å². The lowest BCUT2D eigenvalue weighted by Gasteiger charge is -2.38. The fraction of sp³-hybridized carbons (Fsp3) is 0.900. The van der Waals surface area contributed by atoms with Crippen LogP contribution in [-0.2, 0) is 14.3 Å². The van der Waals surface area contributed by atoms with E-state index >= 15 is 0 Å². The molecule has 10 heteroatoms. The molecule has 8 unspecified atom stereocenters. The fourth-order valence-electron chi connectivity index (χ4n) is 5.79. The summed E-state index contributed by atoms with van der Waals surface area (Å²) >= 11 is 6.38. The number of amides is 2. The highest BCUT2D eigenvalue weighted by Crippen LogP contribution is 2.38. The molecule has 3 N–H and O–H groups in total. The molecule has 0 aromatic rings. The highest BCUT2D eigenvalue weighted by atomic mass is 35.5. The zero-order valence-electron chi connectivity index (χ0n) is 17.1. The van der Waals surface area contributed by atoms with E-state index in [-0.39, 0.29) is 53.3 Å². The van der Waals surface area contributed by atoms with Gasteiger partial charge in [0.25, 0.3) is 0 Å². The van der Waals surface area contributed by atoms with Crippen molar-refractivity contribution in [1.82, 2.24) is 26.0 Å². The van der Waals surface area contributed by atoms with Crippen molar-refractivity contribution in [3.8, 4) is 0 Å². The standard InChI is InChI=1S/C20H31ClFN5O3/c21-15-5-12(22)6-16-14(15)8-17(23-16)20(29)26-2-3-27-13(9-26)7-18(25-27)24-19(28)11-1-4-30-10-11/h11-18,23,25H,1-10H2,(H,24,28). The van der Waals surface area contributed by atoms with Crippen LogP contribution in [-0.4, -0.2) is 90.4 Å². The summed E-state index contributed by atoms with van der Waals surface area (Å²) in [5.74, 6) is 0.242. The Morgan fingerprint density at radius 2 is 2.03 bits per heavy atom. The van der Waals surface area contributed by atoms with Crippen molar-refractivity contribution in [2.24, 2.45) is 11.8 Å². The van der Waals surface area contributed by atoms with Gasteiger partial charge >= 0.3 is 0 Å². The van der Waals surface area contributed by atoms with E-state index < -0.39 is 6.17 Å². The molecule has 8 nitrogen and oxygen atoms in total. The van der Waals surface area contributed by atoms with Crippen LogP contribution in [0.25, 0.3) is 0 Å². The molecule has 168 valence electrons. The van der Waals surface area contributed by atoms with Crippen molar-refractivity contribution in [3.63, 3.8) is 0 Å². The molecule has 4 aliphatic heterocycles. The third-order valence-corrected chi connectivity index (χ3v) is 7.94. The first kappa shape index (κ1) is 20.9. The lowest BCUT2D eigenvalue weighted by molar-refractivity contribution is -0.136. The number of carbonyl (C=O) groups is 2. The van der Waals surface area contributed by atoms with Crippen molar-refractivity contribution >= 4 is 23.4 Å². The van der Waals surface area contributed by atoms with Crippen molar-refractivity contribution in [2.75, 3.05) is 32.8 Å². The van der Waals surface area contributed by atoms with E-state index in [9.17, 15) is 14.0 Å². The highest BCUT2D eigenvalue weighted by molar-refractivity contribution is 6.21. The first-order valence-electron chi connectivity index (χ1n) is 11.2. The predicted octanol–water partition coefficient (Wildman–Crippen LogP) is -0.0277. The molecule has 1 saturated carbocycles. The summed E-state index contributed by atoms with van der Waals surface area (Å²) in [5, 5.41) is 8.39. The maximum atomic E-state index is 13.9. The minimum Gasteiger partial charge on any atom is -0.381 e. The minimum absolute atomic E-state index is 0.00111. The van der Waals surface area contributed by atoms with Crippen molar-refractivity contribution in [2.45, 2.75) is 67.9 Å². The van der Waals surface area contributed by atoms with Crippen LogP contribution in [0.5, 0.6) is 0 Å². The van der Waals surface area contributed by atoms with Gasteiger partial charge in [0, 0.05) is 50.1 Å². The summed E-state index contributed by atoms with van der Waals surface area (Å²) in [6, 6.07) is -0.100. The monoisotopic (exact) mass is 443 g/mol. The van der Waals surface area contributed by atoms with Crippen LogP contribution < -0.4 is 16.1 Å². The zero-order chi connectivity index (χ0) is 20.8. The Bertz CT molecular complexity index is 681. The zero-order valence-corrected chi connectivity index (χ0v) is 17.8. The number of nitrogens with zero attached hydrogens (tertiary/aromatic N) is 2. The van der Waals surface area contributed by atoms with Gasteiger partial charge in [-0.25, -0.2) is 14.8 Å². The molecule has 8 atom stereocenters. The predicted molar refractivity (Wildman–Crippen MR) is 108 cm³/mol. The van der Waals surface area contributed by atoms with Crippen LogP contribution in [0.1, 0.15) is 32.1 Å². The normalized spacial score (nSPS) is 44.0. The Labute approximate surface area is 181 Å². The van der Waals surface area contributed by atoms with Gasteiger partial charge in [-0.1, -0.05) is 0 Å². The van der Waals surface area contributed by atoms with E-state index in [4.69, 9.17) is 16.3 Å². The van der Waals surface area contributed by atoms with Crippen molar-refractivity contribution in [3.05, 3.63) is 0 Å². The summed E-state index contributed by atoms with van der Waals surface area (Å²) in [6.45, 7) is 3.14. The summed E-state index contributed by atoms with van der Waals surface area (Å²) in [7, 11) is 0. The molecule has 5 rings (SSSR count). The SMILES string of the molecule is O=C(NC1CC2CN(C(=O)C3CC4C(Cl)CC(F)CC4N3)CCN2N1)C1CCOC1. The van der Waals surface area contributed by atoms with Crippen LogP contribution in [0.15, 0.2) is 0 Å². The van der Waals surface area contributed by atoms with Gasteiger partial charge in [-0.05, 0) is 31.6 Å². The number of alkyl halides is 2. The second-order valence-electron chi connectivity index (χ2n) is 9.43. The third kappa shape index (κ3) is 4.07. The largest absolute Gasteiger partial charge is 0.381 e. The number of halogens is 2. The van der Waals surface area contributed by atoms with E-state index in [0.29, 0.717) is 45.6 Å². The third-order valence-electron chi connectivity index (χ3n) is 7.43. The summed E-state index contributed by atoms with van der Waals surface area (Å²) < 4.78 is 19.2. The molecular weight excluding hydrogens is 413 g/mol. The maximum absolute atomic E-state index is 13.9. The Morgan fingerprint density at radius 3 is 2.83 bits per heavy atom. The molecule has 2 amide bonds. The Hall–Kier alpha value is -1.00. The molecule has 0 aromatic carbocycles. The van der Waals surface area contributed by atoms with Gasteiger partial charge in [0.1, 0.15) is 6.17 Å². The van der Waals surface area contributed by atoms with Crippen LogP contribution in [0.3, 0.4) is 0 Å². The quantitative estimate of drug-likeness (QED) is 0.531. The van der Waals surface area contributed by atoms with Crippen LogP contribution in [0, 0.1) is 11.8 Å². The van der Waals surface area contributed by atoms with Crippen molar-refractivity contribution in [1.29, 1.82) is 0 Å². The molecule has 30 heavy (non-hydrogen) atoms. The van der Waals surface area contributed by atoms with E-state index in [2.05, 4.69) is 21.1 Å². The Kier molecular flexibility index (Phi) is 5.92. The lowest BCUT2D eigenvalue weighted by atomic mass is 9.83. The van der Waals surface area contributed by atoms with Crippen LogP contribution in [0.2, 0.25) is 0 Å². The van der Waals surface area contributed by atoms with Gasteiger partial charge in [-0.15, -0.1) is 11.6 Å². The smallest absolute Gasteiger partial charge is 0.239 e. The number of piperazine rings is 1. The average Bonchev–Trinajstić information content (AvgIpc) is 3.45. The van der Waals surface area contributed by atoms with Crippen LogP contribution in [0.4, 0.5) is 4.39 Å². The molecule has 0 radical (unpaired) electrons. The molecule has 4 heterocycles. The minimum atomic E-state index is -0.883. The Morgan fingerprint density at radius 1 is 1.17 bits per heavy atom. The van der Waals surface area contributed by atoms with Crippen LogP contribution >= 0.6 is 11.6 Å². The maximum Gasteiger partial charge on any atom is 0.239 e. The number of fused-ring (bicyclic) bond motifs is 2. The molecule has 1 aliphatic carbocycles. The van der Waals surface area contributed by atoms with E-state index in [1.54, 1.807) is 0 Å². The number of carbonyl (C=O) groups excluding carboxylic acids is 2. The number of rotatable bonds is 3. The molecule has 4 saturated heterocycles. The molecule has 0 aromatic heterocycles. The average molecular weight is 444 g/mol. The first-order valence-corrected chi connectivity index (χ1v) is 11.7. The van der Waals surface area contributed by atoms with Gasteiger partial charge in [-0.2, -0.15) is 0 Å². The van der Waals surface area contributed by atoms with Gasteiger partial charge in [-0.3, -0.25) is 9.59 Å². The van der Waals surface area contributed by atoms with Gasteiger partial charge in [0.05, 0.1) is 24.7 Å². The molecular formula is C20H31ClFN5O3. The second-order valence-corrected chi connectivity index (χ2v) is 9.99. The summed E-state index contributed by atoms with van der Waals surface area (Å²) in [5.41, 5.74) is 3.38. The molecule has 0 bridgehead atoms. The summed E-state index contributed by atoms with van der Waals surface area (Å²) in [6.07, 6.45) is 2.07. The van der Waals surface area contributed by atoms with Gasteiger partial charge < -0.3 is 20.3 Å². The number of hydrogen-bond donors (Lipinski definition) is 3. The fourth-order valence-corrected chi connectivity index (χ4v) is 6.26. The number of nitrogens with one attached hydrogen (secondary N) is 3. The van der Waals surface area contributed by atoms with E-state index in [1.165, 1.54) is 0 Å². The first-order chi connectivity index (χ1) is 14.5.